The van der Waals surface area contributed by atoms with E-state index in [0.29, 0.717) is 5.92 Å². The van der Waals surface area contributed by atoms with Crippen molar-refractivity contribution in [2.24, 2.45) is 7.05 Å². The van der Waals surface area contributed by atoms with Crippen molar-refractivity contribution < 1.29 is 4.74 Å². The third-order valence-corrected chi connectivity index (χ3v) is 5.11. The molecule has 0 aromatic carbocycles. The van der Waals surface area contributed by atoms with Gasteiger partial charge in [0.25, 0.3) is 0 Å². The first-order valence-electron chi connectivity index (χ1n) is 9.03. The fraction of sp³-hybridized carbons (Fsp3) is 0.611. The fourth-order valence-corrected chi connectivity index (χ4v) is 3.49. The number of hydrogen-bond donors (Lipinski definition) is 1. The van der Waals surface area contributed by atoms with Crippen LogP contribution < -0.4 is 5.32 Å². The first-order chi connectivity index (χ1) is 12.2. The molecule has 1 saturated heterocycles. The maximum atomic E-state index is 6.06. The standard InChI is InChI=1S/C18H26N6O/c1-23-7-8-25-16(17(23)15-5-6-22-24(15)2)12-19-9-13-10-20-18(21-11-13)14-3-4-14/h5-6,10-11,14,16-17,19H,3-4,7-9,12H2,1-2H3/t16-,17-/m0/s1. The van der Waals surface area contributed by atoms with Gasteiger partial charge in [0.15, 0.2) is 0 Å². The van der Waals surface area contributed by atoms with Crippen molar-refractivity contribution in [3.05, 3.63) is 41.7 Å². The number of aryl methyl sites for hydroxylation is 1. The van der Waals surface area contributed by atoms with Gasteiger partial charge in [-0.15, -0.1) is 0 Å². The third kappa shape index (κ3) is 3.73. The molecule has 3 heterocycles. The maximum Gasteiger partial charge on any atom is 0.131 e. The Bertz CT molecular complexity index is 696. The van der Waals surface area contributed by atoms with Crippen molar-refractivity contribution in [3.8, 4) is 0 Å². The van der Waals surface area contributed by atoms with Gasteiger partial charge in [-0.25, -0.2) is 9.97 Å². The second-order valence-electron chi connectivity index (χ2n) is 7.07. The number of ether oxygens (including phenoxy) is 1. The number of hydrogen-bond acceptors (Lipinski definition) is 6. The second-order valence-corrected chi connectivity index (χ2v) is 7.07. The molecule has 25 heavy (non-hydrogen) atoms. The monoisotopic (exact) mass is 342 g/mol. The van der Waals surface area contributed by atoms with Crippen molar-refractivity contribution >= 4 is 0 Å². The Labute approximate surface area is 148 Å². The molecule has 2 aliphatic rings. The number of rotatable bonds is 6. The van der Waals surface area contributed by atoms with Crippen LogP contribution in [-0.2, 0) is 18.3 Å². The molecule has 134 valence electrons. The molecular weight excluding hydrogens is 316 g/mol. The molecule has 2 fully saturated rings. The molecule has 2 atom stereocenters. The maximum absolute atomic E-state index is 6.06. The number of aromatic nitrogens is 4. The number of likely N-dealkylation sites (N-methyl/N-ethyl adjacent to an activating group) is 1. The van der Waals surface area contributed by atoms with Gasteiger partial charge in [0.05, 0.1) is 24.4 Å². The molecule has 0 spiro atoms. The van der Waals surface area contributed by atoms with Crippen LogP contribution in [-0.4, -0.2) is 57.5 Å². The van der Waals surface area contributed by atoms with E-state index in [1.54, 1.807) is 0 Å². The van der Waals surface area contributed by atoms with Crippen molar-refractivity contribution in [1.82, 2.24) is 30.0 Å². The Balaban J connectivity index is 1.36. The Kier molecular flexibility index (Phi) is 4.78. The summed E-state index contributed by atoms with van der Waals surface area (Å²) in [6.45, 7) is 3.23. The summed E-state index contributed by atoms with van der Waals surface area (Å²) in [7, 11) is 4.14. The highest BCUT2D eigenvalue weighted by molar-refractivity contribution is 5.12. The predicted octanol–water partition coefficient (Wildman–Crippen LogP) is 1.25. The normalized spacial score (nSPS) is 24.6. The van der Waals surface area contributed by atoms with Crippen molar-refractivity contribution in [3.63, 3.8) is 0 Å². The molecule has 0 bridgehead atoms. The molecule has 2 aromatic heterocycles. The van der Waals surface area contributed by atoms with Crippen LogP contribution in [0.1, 0.15) is 41.9 Å². The topological polar surface area (TPSA) is 68.1 Å². The molecule has 0 radical (unpaired) electrons. The Morgan fingerprint density at radius 2 is 2.04 bits per heavy atom. The van der Waals surface area contributed by atoms with Crippen molar-refractivity contribution in [1.29, 1.82) is 0 Å². The highest BCUT2D eigenvalue weighted by Gasteiger charge is 2.33. The molecular formula is C18H26N6O. The van der Waals surface area contributed by atoms with E-state index in [0.717, 1.165) is 37.6 Å². The van der Waals surface area contributed by atoms with E-state index < -0.39 is 0 Å². The average molecular weight is 342 g/mol. The van der Waals surface area contributed by atoms with Gasteiger partial charge in [-0.1, -0.05) is 0 Å². The van der Waals surface area contributed by atoms with Gasteiger partial charge in [0.2, 0.25) is 0 Å². The Hall–Kier alpha value is -1.83. The summed E-state index contributed by atoms with van der Waals surface area (Å²) >= 11 is 0. The van der Waals surface area contributed by atoms with E-state index in [4.69, 9.17) is 4.74 Å². The molecule has 7 nitrogen and oxygen atoms in total. The van der Waals surface area contributed by atoms with Crippen LogP contribution in [0.25, 0.3) is 0 Å². The minimum absolute atomic E-state index is 0.0980. The summed E-state index contributed by atoms with van der Waals surface area (Å²) in [6, 6.07) is 2.29. The molecule has 1 N–H and O–H groups in total. The molecule has 7 heteroatoms. The molecule has 4 rings (SSSR count). The van der Waals surface area contributed by atoms with Crippen LogP contribution in [0.15, 0.2) is 24.7 Å². The first-order valence-corrected chi connectivity index (χ1v) is 9.03. The van der Waals surface area contributed by atoms with E-state index >= 15 is 0 Å². The van der Waals surface area contributed by atoms with Gasteiger partial charge < -0.3 is 10.1 Å². The summed E-state index contributed by atoms with van der Waals surface area (Å²) in [5.41, 5.74) is 2.30. The molecule has 0 unspecified atom stereocenters. The molecule has 1 aliphatic heterocycles. The molecule has 1 aliphatic carbocycles. The lowest BCUT2D eigenvalue weighted by molar-refractivity contribution is -0.0639. The molecule has 0 amide bonds. The number of morpholine rings is 1. The molecule has 2 aromatic rings. The third-order valence-electron chi connectivity index (χ3n) is 5.11. The number of nitrogens with zero attached hydrogens (tertiary/aromatic N) is 5. The zero-order chi connectivity index (χ0) is 17.2. The van der Waals surface area contributed by atoms with Crippen molar-refractivity contribution in [2.45, 2.75) is 37.5 Å². The average Bonchev–Trinajstić information content (AvgIpc) is 3.38. The zero-order valence-corrected chi connectivity index (χ0v) is 14.9. The lowest BCUT2D eigenvalue weighted by Gasteiger charge is -2.39. The summed E-state index contributed by atoms with van der Waals surface area (Å²) in [5, 5.41) is 7.82. The van der Waals surface area contributed by atoms with Gasteiger partial charge in [-0.3, -0.25) is 9.58 Å². The van der Waals surface area contributed by atoms with Gasteiger partial charge in [-0.2, -0.15) is 5.10 Å². The minimum atomic E-state index is 0.0980. The predicted molar refractivity (Wildman–Crippen MR) is 94.0 cm³/mol. The van der Waals surface area contributed by atoms with Gasteiger partial charge >= 0.3 is 0 Å². The highest BCUT2D eigenvalue weighted by Crippen LogP contribution is 2.37. The van der Waals surface area contributed by atoms with E-state index in [1.807, 2.05) is 30.3 Å². The van der Waals surface area contributed by atoms with Gasteiger partial charge in [-0.05, 0) is 26.0 Å². The fourth-order valence-electron chi connectivity index (χ4n) is 3.49. The quantitative estimate of drug-likeness (QED) is 0.852. The summed E-state index contributed by atoms with van der Waals surface area (Å²) in [6.07, 6.45) is 8.31. The summed E-state index contributed by atoms with van der Waals surface area (Å²) < 4.78 is 8.00. The SMILES string of the molecule is CN1CCO[C@@H](CNCc2cnc(C3CC3)nc2)[C@@H]1c1ccnn1C. The van der Waals surface area contributed by atoms with Crippen LogP contribution >= 0.6 is 0 Å². The van der Waals surface area contributed by atoms with Crippen LogP contribution in [0, 0.1) is 0 Å². The van der Waals surface area contributed by atoms with Crippen LogP contribution in [0.2, 0.25) is 0 Å². The van der Waals surface area contributed by atoms with E-state index in [-0.39, 0.29) is 12.1 Å². The zero-order valence-electron chi connectivity index (χ0n) is 14.9. The lowest BCUT2D eigenvalue weighted by Crippen LogP contribution is -2.48. The van der Waals surface area contributed by atoms with Crippen molar-refractivity contribution in [2.75, 3.05) is 26.7 Å². The second kappa shape index (κ2) is 7.19. The highest BCUT2D eigenvalue weighted by atomic mass is 16.5. The van der Waals surface area contributed by atoms with Gasteiger partial charge in [0.1, 0.15) is 5.82 Å². The summed E-state index contributed by atoms with van der Waals surface area (Å²) in [5.74, 6) is 1.60. The van der Waals surface area contributed by atoms with E-state index in [9.17, 15) is 0 Å². The van der Waals surface area contributed by atoms with Crippen LogP contribution in [0.4, 0.5) is 0 Å². The largest absolute Gasteiger partial charge is 0.374 e. The lowest BCUT2D eigenvalue weighted by atomic mass is 10.0. The van der Waals surface area contributed by atoms with Crippen LogP contribution in [0.5, 0.6) is 0 Å². The van der Waals surface area contributed by atoms with E-state index in [2.05, 4.69) is 38.4 Å². The Morgan fingerprint density at radius 3 is 2.72 bits per heavy atom. The van der Waals surface area contributed by atoms with Crippen LogP contribution in [0.3, 0.4) is 0 Å². The summed E-state index contributed by atoms with van der Waals surface area (Å²) in [4.78, 5) is 11.3. The van der Waals surface area contributed by atoms with E-state index in [1.165, 1.54) is 18.5 Å². The minimum Gasteiger partial charge on any atom is -0.374 e. The Morgan fingerprint density at radius 1 is 1.24 bits per heavy atom. The smallest absolute Gasteiger partial charge is 0.131 e. The first kappa shape index (κ1) is 16.6. The molecule has 1 saturated carbocycles. The number of nitrogens with one attached hydrogen (secondary N) is 1. The van der Waals surface area contributed by atoms with Gasteiger partial charge in [0, 0.05) is 56.8 Å².